The van der Waals surface area contributed by atoms with Gasteiger partial charge in [0.2, 0.25) is 11.8 Å². The van der Waals surface area contributed by atoms with Crippen molar-refractivity contribution in [3.8, 4) is 11.1 Å². The molecule has 2 atom stereocenters. The van der Waals surface area contributed by atoms with Gasteiger partial charge in [0.1, 0.15) is 24.1 Å². The second-order valence-corrected chi connectivity index (χ2v) is 10.8. The van der Waals surface area contributed by atoms with E-state index in [1.807, 2.05) is 13.8 Å². The van der Waals surface area contributed by atoms with Gasteiger partial charge in [-0.15, -0.1) is 0 Å². The molecule has 210 valence electrons. The summed E-state index contributed by atoms with van der Waals surface area (Å²) in [6.07, 6.45) is -0.857. The average molecular weight is 552 g/mol. The molecule has 2 saturated heterocycles. The SMILES string of the molecule is CC(C)c1nc(N2CCN(C3=NCNc4c3cc(F)cc4-c3ccc(N4C[C@H](O)CC4=O)c(F)c3)C[C@@H]2C)no1. The zero-order valence-corrected chi connectivity index (χ0v) is 22.6. The summed E-state index contributed by atoms with van der Waals surface area (Å²) in [6, 6.07) is 7.33. The van der Waals surface area contributed by atoms with Crippen molar-refractivity contribution in [3.63, 3.8) is 0 Å². The third-order valence-corrected chi connectivity index (χ3v) is 7.59. The number of nitrogens with one attached hydrogen (secondary N) is 1. The summed E-state index contributed by atoms with van der Waals surface area (Å²) < 4.78 is 35.6. The molecule has 0 aliphatic carbocycles. The molecule has 0 radical (unpaired) electrons. The van der Waals surface area contributed by atoms with Crippen LogP contribution in [0.5, 0.6) is 0 Å². The first-order chi connectivity index (χ1) is 19.2. The van der Waals surface area contributed by atoms with Gasteiger partial charge in [-0.3, -0.25) is 4.79 Å². The molecule has 2 fully saturated rings. The normalized spacial score (nSPS) is 21.1. The maximum absolute atomic E-state index is 15.2. The van der Waals surface area contributed by atoms with Gasteiger partial charge < -0.3 is 29.6 Å². The fourth-order valence-electron chi connectivity index (χ4n) is 5.59. The number of halogens is 2. The fraction of sp³-hybridized carbons (Fsp3) is 0.429. The maximum atomic E-state index is 15.2. The molecule has 12 heteroatoms. The van der Waals surface area contributed by atoms with Gasteiger partial charge in [0.15, 0.2) is 0 Å². The Morgan fingerprint density at radius 3 is 2.60 bits per heavy atom. The predicted octanol–water partition coefficient (Wildman–Crippen LogP) is 3.58. The number of piperazine rings is 1. The van der Waals surface area contributed by atoms with Crippen LogP contribution in [0.4, 0.5) is 26.1 Å². The Bertz CT molecular complexity index is 1490. The lowest BCUT2D eigenvalue weighted by atomic mass is 9.97. The number of rotatable bonds is 4. The summed E-state index contributed by atoms with van der Waals surface area (Å²) in [5.41, 5.74) is 2.33. The number of aromatic nitrogens is 2. The van der Waals surface area contributed by atoms with Crippen LogP contribution >= 0.6 is 0 Å². The molecule has 0 unspecified atom stereocenters. The minimum absolute atomic E-state index is 0.0361. The molecule has 6 rings (SSSR count). The van der Waals surface area contributed by atoms with Gasteiger partial charge >= 0.3 is 0 Å². The minimum Gasteiger partial charge on any atom is -0.391 e. The van der Waals surface area contributed by atoms with E-state index in [2.05, 4.69) is 37.2 Å². The molecular weight excluding hydrogens is 520 g/mol. The first kappa shape index (κ1) is 26.2. The molecule has 0 bridgehead atoms. The van der Waals surface area contributed by atoms with Crippen LogP contribution in [0.1, 0.15) is 44.6 Å². The number of aliphatic imine (C=N–C) groups is 1. The number of anilines is 3. The Hall–Kier alpha value is -4.06. The molecule has 4 heterocycles. The second kappa shape index (κ2) is 10.2. The first-order valence-electron chi connectivity index (χ1n) is 13.5. The van der Waals surface area contributed by atoms with E-state index < -0.39 is 17.7 Å². The standard InChI is InChI=1S/C28H31F2N7O3/c1-15(2)27-33-28(34-40-27)36-7-6-35(12-16(36)3)26-21-10-18(29)9-20(25(21)31-14-32-26)17-4-5-23(22(30)8-17)37-13-19(38)11-24(37)39/h4-5,8-10,15-16,19,31,38H,6-7,11-14H2,1-3H3/t16-,19+/m0/s1. The number of hydrogen-bond donors (Lipinski definition) is 2. The van der Waals surface area contributed by atoms with Crippen molar-refractivity contribution in [2.75, 3.05) is 48.0 Å². The molecule has 2 N–H and O–H groups in total. The Balaban J connectivity index is 1.27. The summed E-state index contributed by atoms with van der Waals surface area (Å²) >= 11 is 0. The van der Waals surface area contributed by atoms with Gasteiger partial charge in [-0.2, -0.15) is 4.98 Å². The Labute approximate surface area is 230 Å². The molecule has 0 saturated carbocycles. The number of hydrogen-bond acceptors (Lipinski definition) is 9. The molecular formula is C28H31F2N7O3. The van der Waals surface area contributed by atoms with Crippen LogP contribution < -0.4 is 15.1 Å². The van der Waals surface area contributed by atoms with Crippen LogP contribution in [-0.4, -0.2) is 76.9 Å². The van der Waals surface area contributed by atoms with Crippen molar-refractivity contribution in [2.45, 2.75) is 45.3 Å². The van der Waals surface area contributed by atoms with Crippen LogP contribution in [0.3, 0.4) is 0 Å². The molecule has 10 nitrogen and oxygen atoms in total. The number of aliphatic hydroxyl groups is 1. The number of fused-ring (bicyclic) bond motifs is 1. The summed E-state index contributed by atoms with van der Waals surface area (Å²) in [5, 5.41) is 17.2. The van der Waals surface area contributed by atoms with Crippen LogP contribution in [0.2, 0.25) is 0 Å². The largest absolute Gasteiger partial charge is 0.391 e. The van der Waals surface area contributed by atoms with Gasteiger partial charge in [0.05, 0.1) is 30.4 Å². The number of carbonyl (C=O) groups is 1. The third-order valence-electron chi connectivity index (χ3n) is 7.59. The van der Waals surface area contributed by atoms with Crippen LogP contribution in [0.15, 0.2) is 39.8 Å². The lowest BCUT2D eigenvalue weighted by Crippen LogP contribution is -2.54. The van der Waals surface area contributed by atoms with E-state index in [1.165, 1.54) is 29.2 Å². The van der Waals surface area contributed by atoms with Gasteiger partial charge in [-0.25, -0.2) is 13.8 Å². The third kappa shape index (κ3) is 4.66. The number of β-amino-alcohol motifs (C(OH)–C–C–N with tert-alkyl or cyclic N) is 1. The highest BCUT2D eigenvalue weighted by Crippen LogP contribution is 2.37. The van der Waals surface area contributed by atoms with Crippen molar-refractivity contribution in [1.82, 2.24) is 15.0 Å². The Morgan fingerprint density at radius 2 is 1.93 bits per heavy atom. The van der Waals surface area contributed by atoms with E-state index in [4.69, 9.17) is 4.52 Å². The summed E-state index contributed by atoms with van der Waals surface area (Å²) in [6.45, 7) is 8.29. The topological polar surface area (TPSA) is 110 Å². The summed E-state index contributed by atoms with van der Waals surface area (Å²) in [7, 11) is 0. The van der Waals surface area contributed by atoms with E-state index in [0.717, 1.165) is 0 Å². The highest BCUT2D eigenvalue weighted by Gasteiger charge is 2.33. The second-order valence-electron chi connectivity index (χ2n) is 10.8. The van der Waals surface area contributed by atoms with Crippen molar-refractivity contribution in [3.05, 3.63) is 53.4 Å². The predicted molar refractivity (Wildman–Crippen MR) is 147 cm³/mol. The van der Waals surface area contributed by atoms with Crippen molar-refractivity contribution >= 4 is 29.1 Å². The number of aliphatic hydroxyl groups excluding tert-OH is 1. The van der Waals surface area contributed by atoms with Crippen LogP contribution in [0.25, 0.3) is 11.1 Å². The number of benzene rings is 2. The van der Waals surface area contributed by atoms with Crippen molar-refractivity contribution < 1.29 is 23.2 Å². The van der Waals surface area contributed by atoms with Gasteiger partial charge in [-0.1, -0.05) is 19.9 Å². The lowest BCUT2D eigenvalue weighted by molar-refractivity contribution is -0.117. The molecule has 2 aromatic carbocycles. The molecule has 3 aliphatic heterocycles. The minimum atomic E-state index is -0.821. The highest BCUT2D eigenvalue weighted by molar-refractivity contribution is 6.08. The number of nitrogens with zero attached hydrogens (tertiary/aromatic N) is 6. The zero-order valence-electron chi connectivity index (χ0n) is 22.6. The monoisotopic (exact) mass is 551 g/mol. The van der Waals surface area contributed by atoms with Gasteiger partial charge in [-0.05, 0) is 41.9 Å². The van der Waals surface area contributed by atoms with Gasteiger partial charge in [0, 0.05) is 42.7 Å². The summed E-state index contributed by atoms with van der Waals surface area (Å²) in [4.78, 5) is 26.9. The maximum Gasteiger partial charge on any atom is 0.266 e. The van der Waals surface area contributed by atoms with Crippen molar-refractivity contribution in [2.24, 2.45) is 4.99 Å². The average Bonchev–Trinajstić information content (AvgIpc) is 3.54. The van der Waals surface area contributed by atoms with Crippen LogP contribution in [-0.2, 0) is 4.79 Å². The first-order valence-corrected chi connectivity index (χ1v) is 13.5. The molecule has 3 aromatic rings. The number of amidine groups is 1. The van der Waals surface area contributed by atoms with E-state index in [0.29, 0.717) is 66.4 Å². The van der Waals surface area contributed by atoms with E-state index in [1.54, 1.807) is 6.07 Å². The summed E-state index contributed by atoms with van der Waals surface area (Å²) in [5.74, 6) is 0.556. The molecule has 1 amide bonds. The zero-order chi connectivity index (χ0) is 28.1. The van der Waals surface area contributed by atoms with E-state index in [-0.39, 0.29) is 36.5 Å². The lowest BCUT2D eigenvalue weighted by Gasteiger charge is -2.41. The molecule has 3 aliphatic rings. The Morgan fingerprint density at radius 1 is 1.12 bits per heavy atom. The molecule has 1 aromatic heterocycles. The van der Waals surface area contributed by atoms with Crippen molar-refractivity contribution in [1.29, 1.82) is 0 Å². The van der Waals surface area contributed by atoms with E-state index >= 15 is 8.78 Å². The molecule has 40 heavy (non-hydrogen) atoms. The van der Waals surface area contributed by atoms with Gasteiger partial charge in [0.25, 0.3) is 5.95 Å². The Kier molecular flexibility index (Phi) is 6.65. The smallest absolute Gasteiger partial charge is 0.266 e. The highest BCUT2D eigenvalue weighted by atomic mass is 19.1. The number of amides is 1. The fourth-order valence-corrected chi connectivity index (χ4v) is 5.59. The quantitative estimate of drug-likeness (QED) is 0.507. The number of carbonyl (C=O) groups excluding carboxylic acids is 1. The van der Waals surface area contributed by atoms with Crippen LogP contribution in [0, 0.1) is 11.6 Å². The molecule has 0 spiro atoms. The van der Waals surface area contributed by atoms with E-state index in [9.17, 15) is 9.90 Å².